The molecule has 2 aromatic carbocycles. The van der Waals surface area contributed by atoms with Crippen molar-refractivity contribution < 1.29 is 18.0 Å². The van der Waals surface area contributed by atoms with Gasteiger partial charge < -0.3 is 9.69 Å². The van der Waals surface area contributed by atoms with Gasteiger partial charge in [0.2, 0.25) is 0 Å². The molecule has 0 N–H and O–H groups in total. The van der Waals surface area contributed by atoms with Gasteiger partial charge in [-0.25, -0.2) is 0 Å². The molecule has 0 amide bonds. The fourth-order valence-corrected chi connectivity index (χ4v) is 4.84. The molecule has 0 saturated carbocycles. The van der Waals surface area contributed by atoms with E-state index in [9.17, 15) is 18.0 Å². The van der Waals surface area contributed by atoms with Crippen molar-refractivity contribution in [3.8, 4) is 0 Å². The number of hydrogen-bond acceptors (Lipinski definition) is 2. The van der Waals surface area contributed by atoms with E-state index in [0.717, 1.165) is 42.5 Å². The number of carbonyl (C=O) groups excluding carboxylic acids is 1. The Kier molecular flexibility index (Phi) is 7.73. The van der Waals surface area contributed by atoms with Crippen LogP contribution in [0.25, 0.3) is 0 Å². The van der Waals surface area contributed by atoms with Gasteiger partial charge >= 0.3 is 6.18 Å². The average molecular weight is 476 g/mol. The number of unbranched alkanes of at least 4 members (excludes halogenated alkanes) is 1. The maximum Gasteiger partial charge on any atom is 0.417 e. The zero-order valence-corrected chi connectivity index (χ0v) is 19.7. The van der Waals surface area contributed by atoms with E-state index in [2.05, 4.69) is 0 Å². The fourth-order valence-electron chi connectivity index (χ4n) is 4.53. The van der Waals surface area contributed by atoms with Crippen molar-refractivity contribution in [3.05, 3.63) is 94.7 Å². The van der Waals surface area contributed by atoms with Crippen LogP contribution in [-0.4, -0.2) is 28.4 Å². The van der Waals surface area contributed by atoms with Crippen molar-refractivity contribution >= 4 is 17.9 Å². The molecule has 2 aromatic rings. The van der Waals surface area contributed by atoms with E-state index in [0.29, 0.717) is 6.42 Å². The first-order valence-electron chi connectivity index (χ1n) is 11.1. The van der Waals surface area contributed by atoms with Gasteiger partial charge in [0, 0.05) is 24.1 Å². The van der Waals surface area contributed by atoms with Gasteiger partial charge in [0.15, 0.2) is 0 Å². The highest BCUT2D eigenvalue weighted by atomic mass is 35.5. The van der Waals surface area contributed by atoms with E-state index in [4.69, 9.17) is 11.6 Å². The minimum atomic E-state index is -4.58. The molecule has 0 radical (unpaired) electrons. The molecule has 1 heterocycles. The van der Waals surface area contributed by atoms with Gasteiger partial charge in [0.25, 0.3) is 0 Å². The quantitative estimate of drug-likeness (QED) is 0.356. The molecule has 0 saturated heterocycles. The van der Waals surface area contributed by atoms with Gasteiger partial charge in [-0.2, -0.15) is 13.2 Å². The first-order valence-corrected chi connectivity index (χ1v) is 11.5. The minimum Gasteiger partial charge on any atom is -0.354 e. The van der Waals surface area contributed by atoms with Crippen LogP contribution < -0.4 is 0 Å². The molecule has 1 atom stereocenters. The molecule has 0 spiro atoms. The van der Waals surface area contributed by atoms with Gasteiger partial charge in [-0.15, -0.1) is 0 Å². The number of nitrogens with zero attached hydrogens (tertiary/aromatic N) is 1. The summed E-state index contributed by atoms with van der Waals surface area (Å²) in [6.07, 6.45) is 0.970. The van der Waals surface area contributed by atoms with Crippen molar-refractivity contribution in [2.24, 2.45) is 0 Å². The summed E-state index contributed by atoms with van der Waals surface area (Å²) in [5.41, 5.74) is -1.33. The van der Waals surface area contributed by atoms with Gasteiger partial charge in [-0.05, 0) is 30.5 Å². The second-order valence-corrected chi connectivity index (χ2v) is 9.28. The monoisotopic (exact) mass is 475 g/mol. The number of benzene rings is 2. The van der Waals surface area contributed by atoms with Gasteiger partial charge in [-0.3, -0.25) is 0 Å². The SMILES string of the molecule is CCCC[C@]1(C)C(Cl)=CC(C(F)(F)F)=CN1C(C=O)(Cc1ccccc1)Cc1ccccc1. The third kappa shape index (κ3) is 5.52. The lowest BCUT2D eigenvalue weighted by Gasteiger charge is -2.53. The Hall–Kier alpha value is -2.53. The summed E-state index contributed by atoms with van der Waals surface area (Å²) in [5.74, 6) is 0. The van der Waals surface area contributed by atoms with E-state index in [-0.39, 0.29) is 17.9 Å². The highest BCUT2D eigenvalue weighted by Crippen LogP contribution is 2.46. The first-order chi connectivity index (χ1) is 15.6. The highest BCUT2D eigenvalue weighted by Gasteiger charge is 2.50. The number of aldehydes is 1. The van der Waals surface area contributed by atoms with E-state index in [1.165, 1.54) is 0 Å². The summed E-state index contributed by atoms with van der Waals surface area (Å²) < 4.78 is 41.6. The van der Waals surface area contributed by atoms with Gasteiger partial charge in [0.05, 0.1) is 11.1 Å². The van der Waals surface area contributed by atoms with Crippen molar-refractivity contribution in [3.63, 3.8) is 0 Å². The average Bonchev–Trinajstić information content (AvgIpc) is 2.79. The number of rotatable bonds is 9. The maximum absolute atomic E-state index is 13.9. The highest BCUT2D eigenvalue weighted by molar-refractivity contribution is 6.31. The predicted molar refractivity (Wildman–Crippen MR) is 127 cm³/mol. The number of carbonyl (C=O) groups is 1. The molecule has 0 fully saturated rings. The minimum absolute atomic E-state index is 0.0955. The van der Waals surface area contributed by atoms with Crippen LogP contribution >= 0.6 is 11.6 Å². The zero-order chi connectivity index (χ0) is 24.1. The molecule has 0 bridgehead atoms. The summed E-state index contributed by atoms with van der Waals surface area (Å²) >= 11 is 6.59. The standard InChI is InChI=1S/C27H29ClF3NO/c1-3-4-15-25(2)24(28)16-23(27(29,30)31)19-32(25)26(20-33,17-21-11-7-5-8-12-21)18-22-13-9-6-10-14-22/h5-14,16,19-20H,3-4,15,17-18H2,1-2H3/t25-/m1/s1. The lowest BCUT2D eigenvalue weighted by atomic mass is 9.78. The topological polar surface area (TPSA) is 20.3 Å². The van der Waals surface area contributed by atoms with Crippen molar-refractivity contribution in [2.45, 2.75) is 63.2 Å². The Morgan fingerprint density at radius 1 is 0.970 bits per heavy atom. The molecule has 1 aliphatic heterocycles. The Bertz CT molecular complexity index is 960. The molecule has 176 valence electrons. The van der Waals surface area contributed by atoms with E-state index in [1.807, 2.05) is 74.5 Å². The van der Waals surface area contributed by atoms with Crippen LogP contribution in [0.2, 0.25) is 0 Å². The summed E-state index contributed by atoms with van der Waals surface area (Å²) in [6, 6.07) is 18.8. The molecule has 6 heteroatoms. The first kappa shape index (κ1) is 25.1. The van der Waals surface area contributed by atoms with E-state index in [1.54, 1.807) is 4.90 Å². The Labute approximate surface area is 198 Å². The van der Waals surface area contributed by atoms with E-state index >= 15 is 0 Å². The number of halogens is 4. The van der Waals surface area contributed by atoms with Crippen LogP contribution in [0.3, 0.4) is 0 Å². The van der Waals surface area contributed by atoms with Crippen LogP contribution in [0.15, 0.2) is 83.5 Å². The Morgan fingerprint density at radius 3 is 1.91 bits per heavy atom. The van der Waals surface area contributed by atoms with Crippen molar-refractivity contribution in [2.75, 3.05) is 0 Å². The van der Waals surface area contributed by atoms with Crippen molar-refractivity contribution in [1.29, 1.82) is 0 Å². The summed E-state index contributed by atoms with van der Waals surface area (Å²) in [7, 11) is 0. The normalized spacial score (nSPS) is 19.2. The smallest absolute Gasteiger partial charge is 0.354 e. The van der Waals surface area contributed by atoms with Crippen LogP contribution in [0, 0.1) is 0 Å². The summed E-state index contributed by atoms with van der Waals surface area (Å²) in [4.78, 5) is 14.5. The fraction of sp³-hybridized carbons (Fsp3) is 0.370. The predicted octanol–water partition coefficient (Wildman–Crippen LogP) is 7.24. The number of alkyl halides is 3. The molecule has 0 aliphatic carbocycles. The second-order valence-electron chi connectivity index (χ2n) is 8.87. The van der Waals surface area contributed by atoms with Crippen LogP contribution in [0.5, 0.6) is 0 Å². The number of allylic oxidation sites excluding steroid dienone is 2. The molecule has 0 unspecified atom stereocenters. The van der Waals surface area contributed by atoms with Crippen molar-refractivity contribution in [1.82, 2.24) is 4.90 Å². The number of hydrogen-bond donors (Lipinski definition) is 0. The molecular weight excluding hydrogens is 447 g/mol. The van der Waals surface area contributed by atoms with Gasteiger partial charge in [0.1, 0.15) is 11.8 Å². The molecule has 2 nitrogen and oxygen atoms in total. The Morgan fingerprint density at radius 2 is 1.48 bits per heavy atom. The molecule has 1 aliphatic rings. The van der Waals surface area contributed by atoms with E-state index < -0.39 is 22.8 Å². The van der Waals surface area contributed by atoms with Crippen LogP contribution in [0.4, 0.5) is 13.2 Å². The third-order valence-electron chi connectivity index (χ3n) is 6.35. The third-order valence-corrected chi connectivity index (χ3v) is 6.86. The van der Waals surface area contributed by atoms with Gasteiger partial charge in [-0.1, -0.05) is 92.0 Å². The zero-order valence-electron chi connectivity index (χ0n) is 18.9. The summed E-state index contributed by atoms with van der Waals surface area (Å²) in [5, 5.41) is 0.0955. The Balaban J connectivity index is 2.21. The van der Waals surface area contributed by atoms with Crippen LogP contribution in [0.1, 0.15) is 44.2 Å². The maximum atomic E-state index is 13.9. The molecule has 33 heavy (non-hydrogen) atoms. The van der Waals surface area contributed by atoms with Crippen LogP contribution in [-0.2, 0) is 17.6 Å². The summed E-state index contributed by atoms with van der Waals surface area (Å²) in [6.45, 7) is 3.85. The second kappa shape index (κ2) is 10.2. The molecule has 3 rings (SSSR count). The lowest BCUT2D eigenvalue weighted by Crippen LogP contribution is -2.61. The molecule has 0 aromatic heterocycles. The lowest BCUT2D eigenvalue weighted by molar-refractivity contribution is -0.121. The molecular formula is C27H29ClF3NO. The largest absolute Gasteiger partial charge is 0.417 e.